The minimum atomic E-state index is -0.971. The first-order chi connectivity index (χ1) is 13.0. The van der Waals surface area contributed by atoms with Crippen molar-refractivity contribution in [2.75, 3.05) is 18.9 Å². The molecule has 0 radical (unpaired) electrons. The number of halogens is 2. The van der Waals surface area contributed by atoms with Crippen molar-refractivity contribution in [3.63, 3.8) is 0 Å². The van der Waals surface area contributed by atoms with Crippen LogP contribution in [-0.2, 0) is 6.42 Å². The molecule has 1 amide bonds. The van der Waals surface area contributed by atoms with Crippen molar-refractivity contribution in [1.82, 2.24) is 19.9 Å². The summed E-state index contributed by atoms with van der Waals surface area (Å²) in [5, 5.41) is 2.83. The molecule has 0 bridgehead atoms. The lowest BCUT2D eigenvalue weighted by atomic mass is 10.2. The van der Waals surface area contributed by atoms with Crippen molar-refractivity contribution in [3.05, 3.63) is 78.0 Å². The van der Waals surface area contributed by atoms with Gasteiger partial charge in [0, 0.05) is 43.8 Å². The molecule has 1 aromatic carbocycles. The molecule has 6 nitrogen and oxygen atoms in total. The molecule has 0 aliphatic heterocycles. The van der Waals surface area contributed by atoms with Crippen molar-refractivity contribution in [2.45, 2.75) is 6.42 Å². The minimum absolute atomic E-state index is 0.201. The fourth-order valence-corrected chi connectivity index (χ4v) is 2.41. The van der Waals surface area contributed by atoms with Gasteiger partial charge in [0.15, 0.2) is 11.6 Å². The summed E-state index contributed by atoms with van der Waals surface area (Å²) in [5.74, 6) is -1.86. The number of benzene rings is 1. The molecule has 0 saturated carbocycles. The van der Waals surface area contributed by atoms with Crippen LogP contribution in [0.4, 0.5) is 20.3 Å². The van der Waals surface area contributed by atoms with E-state index < -0.39 is 11.6 Å². The summed E-state index contributed by atoms with van der Waals surface area (Å²) in [4.78, 5) is 26.1. The zero-order chi connectivity index (χ0) is 19.2. The minimum Gasteiger partial charge on any atom is -0.340 e. The van der Waals surface area contributed by atoms with Gasteiger partial charge in [0.1, 0.15) is 17.8 Å². The quantitative estimate of drug-likeness (QED) is 0.722. The molecule has 0 spiro atoms. The van der Waals surface area contributed by atoms with Gasteiger partial charge in [-0.05, 0) is 36.2 Å². The third-order valence-corrected chi connectivity index (χ3v) is 3.91. The average Bonchev–Trinajstić information content (AvgIpc) is 2.69. The van der Waals surface area contributed by atoms with Crippen molar-refractivity contribution in [1.29, 1.82) is 0 Å². The first-order valence-corrected chi connectivity index (χ1v) is 8.21. The number of anilines is 2. The summed E-state index contributed by atoms with van der Waals surface area (Å²) in [6.07, 6.45) is 5.34. The van der Waals surface area contributed by atoms with E-state index in [4.69, 9.17) is 0 Å². The first kappa shape index (κ1) is 18.4. The van der Waals surface area contributed by atoms with E-state index in [1.165, 1.54) is 18.5 Å². The Labute approximate surface area is 154 Å². The molecular formula is C19H17F2N5O. The van der Waals surface area contributed by atoms with Gasteiger partial charge in [0.2, 0.25) is 0 Å². The van der Waals surface area contributed by atoms with Gasteiger partial charge in [-0.25, -0.2) is 18.7 Å². The second kappa shape index (κ2) is 8.31. The Morgan fingerprint density at radius 1 is 1.07 bits per heavy atom. The predicted molar refractivity (Wildman–Crippen MR) is 96.6 cm³/mol. The highest BCUT2D eigenvalue weighted by atomic mass is 19.2. The largest absolute Gasteiger partial charge is 0.340 e. The molecule has 2 heterocycles. The Morgan fingerprint density at radius 3 is 2.59 bits per heavy atom. The highest BCUT2D eigenvalue weighted by molar-refractivity contribution is 5.92. The molecule has 3 aromatic rings. The van der Waals surface area contributed by atoms with Gasteiger partial charge in [0.05, 0.1) is 0 Å². The Kier molecular flexibility index (Phi) is 5.65. The highest BCUT2D eigenvalue weighted by Gasteiger charge is 2.14. The van der Waals surface area contributed by atoms with Gasteiger partial charge in [0.25, 0.3) is 5.91 Å². The molecule has 8 heteroatoms. The maximum atomic E-state index is 13.3. The van der Waals surface area contributed by atoms with E-state index in [9.17, 15) is 13.6 Å². The second-order valence-electron chi connectivity index (χ2n) is 5.87. The van der Waals surface area contributed by atoms with Crippen LogP contribution in [0.15, 0.2) is 55.1 Å². The Hall–Kier alpha value is -3.42. The van der Waals surface area contributed by atoms with Gasteiger partial charge >= 0.3 is 0 Å². The molecular weight excluding hydrogens is 352 g/mol. The molecule has 0 unspecified atom stereocenters. The zero-order valence-electron chi connectivity index (χ0n) is 14.6. The predicted octanol–water partition coefficient (Wildman–Crippen LogP) is 3.21. The van der Waals surface area contributed by atoms with Crippen LogP contribution in [0.25, 0.3) is 0 Å². The SMILES string of the molecule is CN(CCc1ccncc1)C(=O)c1cc(Nc2ccc(F)c(F)c2)ncn1. The third kappa shape index (κ3) is 4.81. The van der Waals surface area contributed by atoms with Crippen molar-refractivity contribution < 1.29 is 13.6 Å². The Morgan fingerprint density at radius 2 is 1.85 bits per heavy atom. The van der Waals surface area contributed by atoms with Crippen molar-refractivity contribution >= 4 is 17.4 Å². The molecule has 0 fully saturated rings. The molecule has 0 aliphatic rings. The molecule has 2 aromatic heterocycles. The van der Waals surface area contributed by atoms with E-state index in [0.717, 1.165) is 17.7 Å². The Balaban J connectivity index is 1.66. The third-order valence-electron chi connectivity index (χ3n) is 3.91. The van der Waals surface area contributed by atoms with Crippen LogP contribution in [0.5, 0.6) is 0 Å². The molecule has 1 N–H and O–H groups in total. The van der Waals surface area contributed by atoms with E-state index in [2.05, 4.69) is 20.3 Å². The first-order valence-electron chi connectivity index (χ1n) is 8.21. The van der Waals surface area contributed by atoms with E-state index in [1.54, 1.807) is 24.3 Å². The van der Waals surface area contributed by atoms with Crippen LogP contribution < -0.4 is 5.32 Å². The summed E-state index contributed by atoms with van der Waals surface area (Å²) >= 11 is 0. The van der Waals surface area contributed by atoms with E-state index >= 15 is 0 Å². The fraction of sp³-hybridized carbons (Fsp3) is 0.158. The number of nitrogens with zero attached hydrogens (tertiary/aromatic N) is 4. The van der Waals surface area contributed by atoms with E-state index in [0.29, 0.717) is 24.5 Å². The van der Waals surface area contributed by atoms with E-state index in [-0.39, 0.29) is 11.6 Å². The van der Waals surface area contributed by atoms with Crippen LogP contribution in [-0.4, -0.2) is 39.4 Å². The van der Waals surface area contributed by atoms with Crippen LogP contribution in [0, 0.1) is 11.6 Å². The number of aromatic nitrogens is 3. The molecule has 0 saturated heterocycles. The molecule has 0 aliphatic carbocycles. The lowest BCUT2D eigenvalue weighted by Crippen LogP contribution is -2.29. The lowest BCUT2D eigenvalue weighted by molar-refractivity contribution is 0.0790. The molecule has 3 rings (SSSR count). The number of hydrogen-bond acceptors (Lipinski definition) is 5. The maximum Gasteiger partial charge on any atom is 0.272 e. The monoisotopic (exact) mass is 369 g/mol. The normalized spacial score (nSPS) is 10.5. The van der Waals surface area contributed by atoms with Crippen LogP contribution in [0.1, 0.15) is 16.1 Å². The molecule has 0 atom stereocenters. The summed E-state index contributed by atoms with van der Waals surface area (Å²) < 4.78 is 26.3. The van der Waals surface area contributed by atoms with Gasteiger partial charge in [-0.15, -0.1) is 0 Å². The fourth-order valence-electron chi connectivity index (χ4n) is 2.41. The number of carbonyl (C=O) groups excluding carboxylic acids is 1. The topological polar surface area (TPSA) is 71.0 Å². The second-order valence-corrected chi connectivity index (χ2v) is 5.87. The number of likely N-dealkylation sites (N-methyl/N-ethyl adjacent to an activating group) is 1. The number of hydrogen-bond donors (Lipinski definition) is 1. The van der Waals surface area contributed by atoms with Crippen LogP contribution in [0.3, 0.4) is 0 Å². The summed E-state index contributed by atoms with van der Waals surface area (Å²) in [6.45, 7) is 0.513. The number of pyridine rings is 1. The van der Waals surface area contributed by atoms with Crippen molar-refractivity contribution in [3.8, 4) is 0 Å². The summed E-state index contributed by atoms with van der Waals surface area (Å²) in [7, 11) is 1.69. The smallest absolute Gasteiger partial charge is 0.272 e. The molecule has 27 heavy (non-hydrogen) atoms. The van der Waals surface area contributed by atoms with Gasteiger partial charge in [-0.1, -0.05) is 0 Å². The summed E-state index contributed by atoms with van der Waals surface area (Å²) in [5.41, 5.74) is 1.59. The van der Waals surface area contributed by atoms with Crippen molar-refractivity contribution in [2.24, 2.45) is 0 Å². The number of carbonyl (C=O) groups is 1. The van der Waals surface area contributed by atoms with Gasteiger partial charge in [-0.3, -0.25) is 9.78 Å². The van der Waals surface area contributed by atoms with Gasteiger partial charge < -0.3 is 10.2 Å². The van der Waals surface area contributed by atoms with Gasteiger partial charge in [-0.2, -0.15) is 0 Å². The average molecular weight is 369 g/mol. The Bertz CT molecular complexity index is 936. The number of amides is 1. The molecule has 138 valence electrons. The number of rotatable bonds is 6. The number of nitrogens with one attached hydrogen (secondary N) is 1. The van der Waals surface area contributed by atoms with Crippen LogP contribution in [0.2, 0.25) is 0 Å². The summed E-state index contributed by atoms with van der Waals surface area (Å²) in [6, 6.07) is 8.66. The van der Waals surface area contributed by atoms with E-state index in [1.807, 2.05) is 12.1 Å². The standard InChI is InChI=1S/C19H17F2N5O/c1-26(9-6-13-4-7-22-8-5-13)19(27)17-11-18(24-12-23-17)25-14-2-3-15(20)16(21)10-14/h2-5,7-8,10-12H,6,9H2,1H3,(H,23,24,25). The van der Waals surface area contributed by atoms with Crippen LogP contribution >= 0.6 is 0 Å². The lowest BCUT2D eigenvalue weighted by Gasteiger charge is -2.17. The highest BCUT2D eigenvalue weighted by Crippen LogP contribution is 2.18. The zero-order valence-corrected chi connectivity index (χ0v) is 14.6. The maximum absolute atomic E-state index is 13.3.